The summed E-state index contributed by atoms with van der Waals surface area (Å²) in [5.74, 6) is 0.814. The highest BCUT2D eigenvalue weighted by atomic mass is 32.1. The highest BCUT2D eigenvalue weighted by molar-refractivity contribution is 7.05. The molecule has 0 aliphatic rings. The molecule has 0 saturated carbocycles. The van der Waals surface area contributed by atoms with E-state index < -0.39 is 0 Å². The van der Waals surface area contributed by atoms with Crippen molar-refractivity contribution in [2.24, 2.45) is 5.92 Å². The summed E-state index contributed by atoms with van der Waals surface area (Å²) < 4.78 is 4.11. The maximum absolute atomic E-state index is 4.23. The van der Waals surface area contributed by atoms with Gasteiger partial charge in [0, 0.05) is 6.04 Å². The van der Waals surface area contributed by atoms with Crippen molar-refractivity contribution in [2.45, 2.75) is 65.3 Å². The fourth-order valence-electron chi connectivity index (χ4n) is 2.40. The van der Waals surface area contributed by atoms with E-state index in [0.717, 1.165) is 12.3 Å². The minimum Gasteiger partial charge on any atom is -0.312 e. The van der Waals surface area contributed by atoms with Crippen LogP contribution in [0.25, 0.3) is 0 Å². The third-order valence-corrected chi connectivity index (χ3v) is 4.58. The quantitative estimate of drug-likeness (QED) is 0.737. The van der Waals surface area contributed by atoms with E-state index >= 15 is 0 Å². The Balaban J connectivity index is 2.65. The Morgan fingerprint density at radius 1 is 1.28 bits per heavy atom. The summed E-state index contributed by atoms with van der Waals surface area (Å²) in [5.41, 5.74) is 1.17. The molecule has 2 unspecified atom stereocenters. The smallest absolute Gasteiger partial charge is 0.0800 e. The van der Waals surface area contributed by atoms with E-state index in [2.05, 4.69) is 42.7 Å². The van der Waals surface area contributed by atoms with Crippen LogP contribution < -0.4 is 5.32 Å². The van der Waals surface area contributed by atoms with Gasteiger partial charge >= 0.3 is 0 Å². The summed E-state index contributed by atoms with van der Waals surface area (Å²) in [6, 6.07) is 0.432. The van der Waals surface area contributed by atoms with Gasteiger partial charge in [0.1, 0.15) is 0 Å². The molecule has 0 bridgehead atoms. The van der Waals surface area contributed by atoms with Crippen LogP contribution in [-0.2, 0) is 6.42 Å². The van der Waals surface area contributed by atoms with Gasteiger partial charge in [-0.3, -0.25) is 0 Å². The van der Waals surface area contributed by atoms with Gasteiger partial charge in [-0.1, -0.05) is 50.9 Å². The lowest BCUT2D eigenvalue weighted by atomic mass is 9.91. The number of hydrogen-bond acceptors (Lipinski definition) is 4. The fourth-order valence-corrected chi connectivity index (χ4v) is 3.26. The number of aryl methyl sites for hydroxylation is 1. The molecule has 3 nitrogen and oxygen atoms in total. The largest absolute Gasteiger partial charge is 0.312 e. The Bertz CT molecular complexity index is 325. The lowest BCUT2D eigenvalue weighted by Crippen LogP contribution is -2.20. The van der Waals surface area contributed by atoms with Gasteiger partial charge in [0.15, 0.2) is 0 Å². The molecule has 0 saturated heterocycles. The van der Waals surface area contributed by atoms with Gasteiger partial charge in [0.25, 0.3) is 0 Å². The summed E-state index contributed by atoms with van der Waals surface area (Å²) in [6.45, 7) is 6.73. The molecule has 1 N–H and O–H groups in total. The number of aromatic nitrogens is 2. The molecule has 2 atom stereocenters. The zero-order valence-electron chi connectivity index (χ0n) is 12.2. The van der Waals surface area contributed by atoms with E-state index in [9.17, 15) is 0 Å². The summed E-state index contributed by atoms with van der Waals surface area (Å²) in [5, 5.41) is 7.68. The van der Waals surface area contributed by atoms with Gasteiger partial charge in [-0.05, 0) is 37.3 Å². The van der Waals surface area contributed by atoms with Crippen LogP contribution >= 0.6 is 11.5 Å². The molecule has 104 valence electrons. The van der Waals surface area contributed by atoms with Gasteiger partial charge in [-0.25, -0.2) is 0 Å². The van der Waals surface area contributed by atoms with Crippen molar-refractivity contribution in [2.75, 3.05) is 7.05 Å². The summed E-state index contributed by atoms with van der Waals surface area (Å²) in [7, 11) is 2.05. The number of hydrogen-bond donors (Lipinski definition) is 1. The first kappa shape index (κ1) is 15.6. The number of nitrogens with one attached hydrogen (secondary N) is 1. The van der Waals surface area contributed by atoms with Gasteiger partial charge in [-0.2, -0.15) is 0 Å². The monoisotopic (exact) mass is 269 g/mol. The van der Waals surface area contributed by atoms with Crippen molar-refractivity contribution in [1.82, 2.24) is 14.9 Å². The molecule has 0 aliphatic heterocycles. The Hall–Kier alpha value is -0.480. The van der Waals surface area contributed by atoms with E-state index in [1.807, 2.05) is 0 Å². The molecule has 0 fully saturated rings. The van der Waals surface area contributed by atoms with Crippen molar-refractivity contribution in [3.8, 4) is 0 Å². The molecule has 0 spiro atoms. The van der Waals surface area contributed by atoms with Crippen molar-refractivity contribution >= 4 is 11.5 Å². The van der Waals surface area contributed by atoms with Crippen LogP contribution in [0, 0.1) is 5.92 Å². The minimum atomic E-state index is 0.432. The van der Waals surface area contributed by atoms with Crippen LogP contribution in [0.4, 0.5) is 0 Å². The van der Waals surface area contributed by atoms with Crippen molar-refractivity contribution < 1.29 is 0 Å². The molecule has 1 heterocycles. The van der Waals surface area contributed by atoms with E-state index in [-0.39, 0.29) is 0 Å². The third-order valence-electron chi connectivity index (χ3n) is 3.70. The predicted molar refractivity (Wildman–Crippen MR) is 79.0 cm³/mol. The topological polar surface area (TPSA) is 37.8 Å². The van der Waals surface area contributed by atoms with Gasteiger partial charge in [-0.15, -0.1) is 5.10 Å². The van der Waals surface area contributed by atoms with E-state index in [1.54, 1.807) is 11.5 Å². The predicted octanol–water partition coefficient (Wildman–Crippen LogP) is 3.97. The fraction of sp³-hybridized carbons (Fsp3) is 0.857. The second-order valence-electron chi connectivity index (χ2n) is 4.93. The molecule has 18 heavy (non-hydrogen) atoms. The van der Waals surface area contributed by atoms with Crippen molar-refractivity contribution in [1.29, 1.82) is 0 Å². The lowest BCUT2D eigenvalue weighted by molar-refractivity contribution is 0.366. The Morgan fingerprint density at radius 2 is 2.06 bits per heavy atom. The van der Waals surface area contributed by atoms with Crippen LogP contribution in [0.2, 0.25) is 0 Å². The molecule has 1 aromatic rings. The van der Waals surface area contributed by atoms with Crippen LogP contribution in [0.15, 0.2) is 0 Å². The SMILES string of the molecule is CCCCC(CC)CC(NC)c1snnc1CC. The second kappa shape index (κ2) is 8.59. The number of nitrogens with zero attached hydrogens (tertiary/aromatic N) is 2. The molecule has 1 rings (SSSR count). The maximum Gasteiger partial charge on any atom is 0.0800 e. The molecular formula is C14H27N3S. The number of rotatable bonds is 9. The molecule has 0 aliphatic carbocycles. The van der Waals surface area contributed by atoms with Gasteiger partial charge in [0.2, 0.25) is 0 Å². The highest BCUT2D eigenvalue weighted by Crippen LogP contribution is 2.29. The summed E-state index contributed by atoms with van der Waals surface area (Å²) in [4.78, 5) is 1.34. The van der Waals surface area contributed by atoms with Crippen LogP contribution in [-0.4, -0.2) is 16.6 Å². The molecular weight excluding hydrogens is 242 g/mol. The molecule has 4 heteroatoms. The standard InChI is InChI=1S/C14H27N3S/c1-5-8-9-11(6-2)10-13(15-4)14-12(7-3)16-17-18-14/h11,13,15H,5-10H2,1-4H3. The zero-order valence-corrected chi connectivity index (χ0v) is 13.0. The van der Waals surface area contributed by atoms with E-state index in [1.165, 1.54) is 42.7 Å². The molecule has 0 radical (unpaired) electrons. The molecule has 0 aromatic carbocycles. The summed E-state index contributed by atoms with van der Waals surface area (Å²) >= 11 is 1.56. The van der Waals surface area contributed by atoms with E-state index in [4.69, 9.17) is 0 Å². The second-order valence-corrected chi connectivity index (χ2v) is 5.72. The summed E-state index contributed by atoms with van der Waals surface area (Å²) in [6.07, 6.45) is 7.45. The van der Waals surface area contributed by atoms with Crippen molar-refractivity contribution in [3.63, 3.8) is 0 Å². The molecule has 0 amide bonds. The van der Waals surface area contributed by atoms with Crippen molar-refractivity contribution in [3.05, 3.63) is 10.6 Å². The average molecular weight is 269 g/mol. The highest BCUT2D eigenvalue weighted by Gasteiger charge is 2.20. The third kappa shape index (κ3) is 4.32. The van der Waals surface area contributed by atoms with Gasteiger partial charge < -0.3 is 5.32 Å². The Kier molecular flexibility index (Phi) is 7.44. The van der Waals surface area contributed by atoms with Crippen LogP contribution in [0.1, 0.15) is 69.5 Å². The first-order chi connectivity index (χ1) is 8.76. The average Bonchev–Trinajstić information content (AvgIpc) is 2.87. The number of unbranched alkanes of at least 4 members (excludes halogenated alkanes) is 1. The van der Waals surface area contributed by atoms with E-state index in [0.29, 0.717) is 6.04 Å². The molecule has 1 aromatic heterocycles. The lowest BCUT2D eigenvalue weighted by Gasteiger charge is -2.21. The Labute approximate surface area is 116 Å². The normalized spacial score (nSPS) is 14.7. The zero-order chi connectivity index (χ0) is 13.4. The maximum atomic E-state index is 4.23. The Morgan fingerprint density at radius 3 is 2.61 bits per heavy atom. The van der Waals surface area contributed by atoms with Gasteiger partial charge in [0.05, 0.1) is 10.6 Å². The minimum absolute atomic E-state index is 0.432. The first-order valence-corrected chi connectivity index (χ1v) is 8.02. The first-order valence-electron chi connectivity index (χ1n) is 7.25. The van der Waals surface area contributed by atoms with Crippen LogP contribution in [0.5, 0.6) is 0 Å². The van der Waals surface area contributed by atoms with Crippen LogP contribution in [0.3, 0.4) is 0 Å².